The maximum Gasteiger partial charge on any atom is 0.157 e. The molecule has 2 aliphatic rings. The van der Waals surface area contributed by atoms with E-state index in [0.29, 0.717) is 17.4 Å². The lowest BCUT2D eigenvalue weighted by Gasteiger charge is -2.22. The predicted molar refractivity (Wildman–Crippen MR) is 79.3 cm³/mol. The highest BCUT2D eigenvalue weighted by atomic mass is 32.2. The van der Waals surface area contributed by atoms with E-state index in [1.54, 1.807) is 0 Å². The zero-order valence-electron chi connectivity index (χ0n) is 11.8. The van der Waals surface area contributed by atoms with Crippen molar-refractivity contribution in [3.63, 3.8) is 0 Å². The zero-order valence-corrected chi connectivity index (χ0v) is 12.6. The minimum Gasteiger partial charge on any atom is -0.376 e. The van der Waals surface area contributed by atoms with Gasteiger partial charge < -0.3 is 10.1 Å². The molecule has 0 spiro atoms. The number of hydrogen-bond acceptors (Lipinski definition) is 4. The van der Waals surface area contributed by atoms with Crippen LogP contribution in [0.3, 0.4) is 0 Å². The van der Waals surface area contributed by atoms with Gasteiger partial charge in [0.1, 0.15) is 0 Å². The van der Waals surface area contributed by atoms with Crippen molar-refractivity contribution in [2.45, 2.75) is 63.9 Å². The lowest BCUT2D eigenvalue weighted by molar-refractivity contribution is 0.0896. The third-order valence-corrected chi connectivity index (χ3v) is 5.43. The Bertz CT molecular complexity index is 286. The van der Waals surface area contributed by atoms with Crippen molar-refractivity contribution in [2.24, 2.45) is 10.9 Å². The molecule has 3 atom stereocenters. The van der Waals surface area contributed by atoms with Crippen LogP contribution in [0.4, 0.5) is 0 Å². The number of nitrogens with one attached hydrogen (secondary N) is 1. The fourth-order valence-electron chi connectivity index (χ4n) is 2.81. The molecule has 0 aromatic carbocycles. The summed E-state index contributed by atoms with van der Waals surface area (Å²) in [7, 11) is 0. The largest absolute Gasteiger partial charge is 0.376 e. The first-order valence-corrected chi connectivity index (χ1v) is 8.21. The van der Waals surface area contributed by atoms with Gasteiger partial charge in [0.15, 0.2) is 5.17 Å². The zero-order chi connectivity index (χ0) is 13.0. The first kappa shape index (κ1) is 14.2. The number of hydrogen-bond donors (Lipinski definition) is 1. The monoisotopic (exact) mass is 270 g/mol. The highest BCUT2D eigenvalue weighted by Crippen LogP contribution is 2.30. The standard InChI is InChI=1S/C14H26N2OS/c1-4-11(5-2)13-9-15-14(18-13)16-10(3)12-7-6-8-17-12/h10-13H,4-9H2,1-3H3,(H,15,16). The molecule has 0 aliphatic carbocycles. The Morgan fingerprint density at radius 1 is 1.44 bits per heavy atom. The molecule has 0 aromatic rings. The van der Waals surface area contributed by atoms with Gasteiger partial charge in [-0.3, -0.25) is 4.99 Å². The number of thioether (sulfide) groups is 1. The Kier molecular flexibility index (Phi) is 5.37. The molecule has 2 heterocycles. The fraction of sp³-hybridized carbons (Fsp3) is 0.929. The Labute approximate surface area is 115 Å². The normalized spacial score (nSPS) is 29.7. The highest BCUT2D eigenvalue weighted by Gasteiger charge is 2.29. The summed E-state index contributed by atoms with van der Waals surface area (Å²) in [6, 6.07) is 0.388. The molecule has 18 heavy (non-hydrogen) atoms. The minimum atomic E-state index is 0.375. The summed E-state index contributed by atoms with van der Waals surface area (Å²) in [5.74, 6) is 0.802. The van der Waals surface area contributed by atoms with Gasteiger partial charge in [-0.05, 0) is 25.7 Å². The predicted octanol–water partition coefficient (Wildman–Crippen LogP) is 3.05. The average molecular weight is 270 g/mol. The second kappa shape index (κ2) is 6.80. The summed E-state index contributed by atoms with van der Waals surface area (Å²) in [5.41, 5.74) is 0. The Morgan fingerprint density at radius 2 is 2.22 bits per heavy atom. The van der Waals surface area contributed by atoms with E-state index in [4.69, 9.17) is 4.74 Å². The second-order valence-electron chi connectivity index (χ2n) is 5.36. The van der Waals surface area contributed by atoms with Crippen LogP contribution in [0.1, 0.15) is 46.5 Å². The van der Waals surface area contributed by atoms with E-state index in [1.165, 1.54) is 25.7 Å². The van der Waals surface area contributed by atoms with Crippen LogP contribution in [0.25, 0.3) is 0 Å². The lowest BCUT2D eigenvalue weighted by Crippen LogP contribution is -2.39. The third kappa shape index (κ3) is 3.41. The van der Waals surface area contributed by atoms with Crippen molar-refractivity contribution < 1.29 is 4.74 Å². The van der Waals surface area contributed by atoms with Gasteiger partial charge in [-0.1, -0.05) is 38.5 Å². The van der Waals surface area contributed by atoms with Gasteiger partial charge in [0.05, 0.1) is 18.7 Å². The molecule has 3 nitrogen and oxygen atoms in total. The van der Waals surface area contributed by atoms with Crippen molar-refractivity contribution in [2.75, 3.05) is 13.2 Å². The Morgan fingerprint density at radius 3 is 2.83 bits per heavy atom. The molecule has 104 valence electrons. The molecule has 1 saturated heterocycles. The van der Waals surface area contributed by atoms with Crippen LogP contribution < -0.4 is 5.32 Å². The fourth-order valence-corrected chi connectivity index (χ4v) is 4.23. The summed E-state index contributed by atoms with van der Waals surface area (Å²) < 4.78 is 5.71. The maximum absolute atomic E-state index is 5.71. The molecule has 1 N–H and O–H groups in total. The molecule has 2 rings (SSSR count). The van der Waals surface area contributed by atoms with Crippen molar-refractivity contribution in [1.82, 2.24) is 5.32 Å². The molecule has 0 aromatic heterocycles. The molecular weight excluding hydrogens is 244 g/mol. The molecular formula is C14H26N2OS. The summed E-state index contributed by atoms with van der Waals surface area (Å²) in [6.45, 7) is 8.69. The Balaban J connectivity index is 1.78. The van der Waals surface area contributed by atoms with Gasteiger partial charge in [0, 0.05) is 11.9 Å². The van der Waals surface area contributed by atoms with Crippen LogP contribution in [0.2, 0.25) is 0 Å². The molecule has 0 bridgehead atoms. The second-order valence-corrected chi connectivity index (χ2v) is 6.59. The number of nitrogens with zero attached hydrogens (tertiary/aromatic N) is 1. The van der Waals surface area contributed by atoms with E-state index in [-0.39, 0.29) is 0 Å². The van der Waals surface area contributed by atoms with Crippen molar-refractivity contribution in [1.29, 1.82) is 0 Å². The van der Waals surface area contributed by atoms with Crippen LogP contribution >= 0.6 is 11.8 Å². The number of rotatable bonds is 5. The molecule has 3 unspecified atom stereocenters. The molecule has 0 amide bonds. The topological polar surface area (TPSA) is 33.6 Å². The summed E-state index contributed by atoms with van der Waals surface area (Å²) in [4.78, 5) is 4.66. The van der Waals surface area contributed by atoms with Gasteiger partial charge in [-0.25, -0.2) is 0 Å². The lowest BCUT2D eigenvalue weighted by atomic mass is 9.99. The van der Waals surface area contributed by atoms with Gasteiger partial charge in [-0.2, -0.15) is 0 Å². The number of ether oxygens (including phenoxy) is 1. The summed E-state index contributed by atoms with van der Waals surface area (Å²) >= 11 is 1.94. The van der Waals surface area contributed by atoms with Crippen LogP contribution in [-0.4, -0.2) is 35.7 Å². The number of amidine groups is 1. The molecule has 2 aliphatic heterocycles. The van der Waals surface area contributed by atoms with E-state index in [1.807, 2.05) is 11.8 Å². The highest BCUT2D eigenvalue weighted by molar-refractivity contribution is 8.14. The van der Waals surface area contributed by atoms with Crippen LogP contribution in [0, 0.1) is 5.92 Å². The maximum atomic E-state index is 5.71. The quantitative estimate of drug-likeness (QED) is 0.833. The minimum absolute atomic E-state index is 0.375. The smallest absolute Gasteiger partial charge is 0.157 e. The molecule has 0 radical (unpaired) electrons. The Hall–Kier alpha value is -0.220. The summed E-state index contributed by atoms with van der Waals surface area (Å²) in [5, 5.41) is 5.36. The molecule has 0 saturated carbocycles. The molecule has 1 fully saturated rings. The van der Waals surface area contributed by atoms with Crippen LogP contribution in [0.5, 0.6) is 0 Å². The van der Waals surface area contributed by atoms with Gasteiger partial charge in [-0.15, -0.1) is 0 Å². The first-order valence-electron chi connectivity index (χ1n) is 7.33. The van der Waals surface area contributed by atoms with Crippen LogP contribution in [0.15, 0.2) is 4.99 Å². The van der Waals surface area contributed by atoms with Crippen molar-refractivity contribution in [3.8, 4) is 0 Å². The van der Waals surface area contributed by atoms with E-state index in [9.17, 15) is 0 Å². The van der Waals surface area contributed by atoms with E-state index < -0.39 is 0 Å². The summed E-state index contributed by atoms with van der Waals surface area (Å²) in [6.07, 6.45) is 5.28. The van der Waals surface area contributed by atoms with Crippen molar-refractivity contribution in [3.05, 3.63) is 0 Å². The number of aliphatic imine (C=N–C) groups is 1. The van der Waals surface area contributed by atoms with Gasteiger partial charge >= 0.3 is 0 Å². The van der Waals surface area contributed by atoms with E-state index >= 15 is 0 Å². The third-order valence-electron chi connectivity index (χ3n) is 4.13. The molecule has 4 heteroatoms. The van der Waals surface area contributed by atoms with E-state index in [0.717, 1.165) is 24.2 Å². The van der Waals surface area contributed by atoms with E-state index in [2.05, 4.69) is 31.1 Å². The SMILES string of the molecule is CCC(CC)C1CN=C(NC(C)C2CCCO2)S1. The van der Waals surface area contributed by atoms with Crippen molar-refractivity contribution >= 4 is 16.9 Å². The van der Waals surface area contributed by atoms with Gasteiger partial charge in [0.25, 0.3) is 0 Å². The first-order chi connectivity index (χ1) is 8.74. The van der Waals surface area contributed by atoms with Gasteiger partial charge in [0.2, 0.25) is 0 Å². The average Bonchev–Trinajstić information content (AvgIpc) is 3.01. The van der Waals surface area contributed by atoms with Crippen LogP contribution in [-0.2, 0) is 4.74 Å².